The number of terminal acetylenes is 2. The van der Waals surface area contributed by atoms with E-state index in [1.54, 1.807) is 0 Å². The van der Waals surface area contributed by atoms with E-state index in [9.17, 15) is 10.2 Å². The molecule has 0 aliphatic rings. The van der Waals surface area contributed by atoms with E-state index in [2.05, 4.69) is 41.0 Å². The maximum atomic E-state index is 9.39. The Kier molecular flexibility index (Phi) is 11.3. The molecule has 0 fully saturated rings. The number of aliphatic hydroxyl groups is 2. The average Bonchev–Trinajstić information content (AvgIpc) is 2.65. The van der Waals surface area contributed by atoms with Gasteiger partial charge in [-0.25, -0.2) is 0 Å². The molecule has 0 aliphatic heterocycles. The molecule has 0 bridgehead atoms. The van der Waals surface area contributed by atoms with Gasteiger partial charge in [-0.15, -0.1) is 12.8 Å². The fourth-order valence-electron chi connectivity index (χ4n) is 2.81. The van der Waals surface area contributed by atoms with E-state index in [1.165, 1.54) is 5.69 Å². The van der Waals surface area contributed by atoms with Gasteiger partial charge in [-0.3, -0.25) is 0 Å². The Hall–Kier alpha value is -1.94. The van der Waals surface area contributed by atoms with Crippen molar-refractivity contribution in [3.8, 4) is 24.7 Å². The van der Waals surface area contributed by atoms with Crippen LogP contribution in [0.3, 0.4) is 0 Å². The molecule has 1 aromatic rings. The third-order valence-electron chi connectivity index (χ3n) is 4.32. The van der Waals surface area contributed by atoms with Crippen molar-refractivity contribution in [3.63, 3.8) is 0 Å². The smallest absolute Gasteiger partial charge is 0.114 e. The average molecular weight is 341 g/mol. The van der Waals surface area contributed by atoms with Gasteiger partial charge in [0.25, 0.3) is 0 Å². The summed E-state index contributed by atoms with van der Waals surface area (Å²) in [6.07, 6.45) is 16.7. The molecule has 136 valence electrons. The SMILES string of the molecule is C#CC(O)CCCCCN(CCCCCC(O)C#C)c1ccccc1. The van der Waals surface area contributed by atoms with E-state index in [1.807, 2.05) is 6.07 Å². The largest absolute Gasteiger partial charge is 0.380 e. The van der Waals surface area contributed by atoms with Crippen molar-refractivity contribution in [2.75, 3.05) is 18.0 Å². The van der Waals surface area contributed by atoms with Crippen molar-refractivity contribution >= 4 is 5.69 Å². The van der Waals surface area contributed by atoms with Gasteiger partial charge >= 0.3 is 0 Å². The first-order valence-corrected chi connectivity index (χ1v) is 9.25. The zero-order valence-electron chi connectivity index (χ0n) is 15.1. The highest BCUT2D eigenvalue weighted by Gasteiger charge is 2.07. The van der Waals surface area contributed by atoms with Crippen LogP contribution in [0.5, 0.6) is 0 Å². The fraction of sp³-hybridized carbons (Fsp3) is 0.545. The number of para-hydroxylation sites is 1. The number of unbranched alkanes of at least 4 members (excludes halogenated alkanes) is 4. The van der Waals surface area contributed by atoms with Crippen LogP contribution >= 0.6 is 0 Å². The van der Waals surface area contributed by atoms with Gasteiger partial charge in [0.2, 0.25) is 0 Å². The molecule has 3 nitrogen and oxygen atoms in total. The predicted molar refractivity (Wildman–Crippen MR) is 105 cm³/mol. The second kappa shape index (κ2) is 13.4. The first kappa shape index (κ1) is 21.1. The Bertz CT molecular complexity index is 499. The topological polar surface area (TPSA) is 43.7 Å². The molecule has 0 amide bonds. The van der Waals surface area contributed by atoms with Crippen LogP contribution in [0.2, 0.25) is 0 Å². The number of hydrogen-bond donors (Lipinski definition) is 2. The van der Waals surface area contributed by atoms with Crippen LogP contribution in [0.15, 0.2) is 30.3 Å². The molecular formula is C22H31NO2. The van der Waals surface area contributed by atoms with Crippen LogP contribution in [0.1, 0.15) is 51.4 Å². The number of hydrogen-bond acceptors (Lipinski definition) is 3. The van der Waals surface area contributed by atoms with Gasteiger partial charge in [0, 0.05) is 18.8 Å². The maximum Gasteiger partial charge on any atom is 0.114 e. The zero-order chi connectivity index (χ0) is 18.3. The number of nitrogens with zero attached hydrogens (tertiary/aromatic N) is 1. The quantitative estimate of drug-likeness (QED) is 0.425. The molecule has 0 saturated heterocycles. The minimum Gasteiger partial charge on any atom is -0.380 e. The van der Waals surface area contributed by atoms with Crippen LogP contribution in [0.4, 0.5) is 5.69 Å². The normalized spacial score (nSPS) is 12.8. The van der Waals surface area contributed by atoms with Crippen molar-refractivity contribution < 1.29 is 10.2 Å². The Labute approximate surface area is 153 Å². The van der Waals surface area contributed by atoms with Gasteiger partial charge in [0.15, 0.2) is 0 Å². The summed E-state index contributed by atoms with van der Waals surface area (Å²) >= 11 is 0. The monoisotopic (exact) mass is 341 g/mol. The van der Waals surface area contributed by atoms with Crippen LogP contribution in [0, 0.1) is 24.7 Å². The van der Waals surface area contributed by atoms with Crippen molar-refractivity contribution in [1.82, 2.24) is 0 Å². The Morgan fingerprint density at radius 2 is 1.24 bits per heavy atom. The molecule has 0 heterocycles. The van der Waals surface area contributed by atoms with Crippen molar-refractivity contribution in [2.45, 2.75) is 63.6 Å². The third kappa shape index (κ3) is 9.82. The summed E-state index contributed by atoms with van der Waals surface area (Å²) in [7, 11) is 0. The highest BCUT2D eigenvalue weighted by atomic mass is 16.3. The molecule has 25 heavy (non-hydrogen) atoms. The Morgan fingerprint density at radius 1 is 0.760 bits per heavy atom. The molecule has 2 unspecified atom stereocenters. The van der Waals surface area contributed by atoms with Crippen molar-refractivity contribution in [2.24, 2.45) is 0 Å². The minimum atomic E-state index is -0.608. The van der Waals surface area contributed by atoms with Crippen LogP contribution in [0.25, 0.3) is 0 Å². The highest BCUT2D eigenvalue weighted by Crippen LogP contribution is 2.16. The number of rotatable bonds is 13. The van der Waals surface area contributed by atoms with Gasteiger partial charge in [0.1, 0.15) is 12.2 Å². The number of aliphatic hydroxyl groups excluding tert-OH is 2. The molecule has 1 rings (SSSR count). The standard InChI is InChI=1S/C22H31NO2/c1-3-21(24)16-10-6-12-18-23(20-14-8-5-9-15-20)19-13-7-11-17-22(25)4-2/h1-2,5,8-9,14-15,21-22,24-25H,6-7,10-13,16-19H2. The number of benzene rings is 1. The van der Waals surface area contributed by atoms with E-state index < -0.39 is 12.2 Å². The van der Waals surface area contributed by atoms with E-state index in [0.29, 0.717) is 12.8 Å². The summed E-state index contributed by atoms with van der Waals surface area (Å²) in [5.74, 6) is 4.71. The lowest BCUT2D eigenvalue weighted by Gasteiger charge is -2.25. The summed E-state index contributed by atoms with van der Waals surface area (Å²) < 4.78 is 0. The molecule has 2 atom stereocenters. The maximum absolute atomic E-state index is 9.39. The second-order valence-electron chi connectivity index (χ2n) is 6.39. The highest BCUT2D eigenvalue weighted by molar-refractivity contribution is 5.45. The van der Waals surface area contributed by atoms with Crippen LogP contribution in [-0.2, 0) is 0 Å². The van der Waals surface area contributed by atoms with Crippen molar-refractivity contribution in [3.05, 3.63) is 30.3 Å². The molecule has 0 spiro atoms. The summed E-state index contributed by atoms with van der Waals surface area (Å²) in [6.45, 7) is 2.01. The fourth-order valence-corrected chi connectivity index (χ4v) is 2.81. The van der Waals surface area contributed by atoms with Crippen molar-refractivity contribution in [1.29, 1.82) is 0 Å². The molecule has 0 saturated carbocycles. The summed E-state index contributed by atoms with van der Waals surface area (Å²) in [5, 5.41) is 18.8. The second-order valence-corrected chi connectivity index (χ2v) is 6.39. The lowest BCUT2D eigenvalue weighted by atomic mass is 10.1. The van der Waals surface area contributed by atoms with E-state index in [0.717, 1.165) is 51.6 Å². The number of anilines is 1. The van der Waals surface area contributed by atoms with E-state index >= 15 is 0 Å². The molecule has 0 aliphatic carbocycles. The van der Waals surface area contributed by atoms with Gasteiger partial charge in [-0.1, -0.05) is 42.9 Å². The molecule has 0 aromatic heterocycles. The van der Waals surface area contributed by atoms with Gasteiger partial charge in [-0.05, 0) is 50.7 Å². The van der Waals surface area contributed by atoms with Gasteiger partial charge in [0.05, 0.1) is 0 Å². The van der Waals surface area contributed by atoms with Gasteiger partial charge in [-0.2, -0.15) is 0 Å². The minimum absolute atomic E-state index is 0.608. The first-order valence-electron chi connectivity index (χ1n) is 9.25. The van der Waals surface area contributed by atoms with E-state index in [-0.39, 0.29) is 0 Å². The zero-order valence-corrected chi connectivity index (χ0v) is 15.1. The predicted octanol–water partition coefficient (Wildman–Crippen LogP) is 3.60. The molecule has 1 aromatic carbocycles. The molecule has 0 radical (unpaired) electrons. The Balaban J connectivity index is 2.33. The Morgan fingerprint density at radius 3 is 1.68 bits per heavy atom. The van der Waals surface area contributed by atoms with Crippen LogP contribution in [-0.4, -0.2) is 35.5 Å². The molecular weight excluding hydrogens is 310 g/mol. The molecule has 2 N–H and O–H groups in total. The van der Waals surface area contributed by atoms with Crippen LogP contribution < -0.4 is 4.90 Å². The summed E-state index contributed by atoms with van der Waals surface area (Å²) in [6, 6.07) is 10.4. The lowest BCUT2D eigenvalue weighted by molar-refractivity contribution is 0.217. The molecule has 3 heteroatoms. The lowest BCUT2D eigenvalue weighted by Crippen LogP contribution is -2.25. The van der Waals surface area contributed by atoms with E-state index in [4.69, 9.17) is 12.8 Å². The van der Waals surface area contributed by atoms with Gasteiger partial charge < -0.3 is 15.1 Å². The summed E-state index contributed by atoms with van der Waals surface area (Å²) in [5.41, 5.74) is 1.25. The summed E-state index contributed by atoms with van der Waals surface area (Å²) in [4.78, 5) is 2.41. The third-order valence-corrected chi connectivity index (χ3v) is 4.32. The first-order chi connectivity index (χ1) is 12.2.